The molecule has 0 N–H and O–H groups in total. The third kappa shape index (κ3) is 6.19. The molecular formula is C24H35N3O2Si. The van der Waals surface area contributed by atoms with Crippen LogP contribution in [-0.4, -0.2) is 49.8 Å². The average Bonchev–Trinajstić information content (AvgIpc) is 2.69. The van der Waals surface area contributed by atoms with E-state index in [1.165, 1.54) is 5.56 Å². The van der Waals surface area contributed by atoms with Crippen molar-refractivity contribution in [2.45, 2.75) is 57.8 Å². The van der Waals surface area contributed by atoms with Gasteiger partial charge in [-0.25, -0.2) is 4.79 Å². The predicted molar refractivity (Wildman–Crippen MR) is 125 cm³/mol. The molecule has 0 aliphatic rings. The molecule has 1 atom stereocenters. The standard InChI is InChI=1S/C24H35N3O2Si/c1-24(2,3)30(6,7)29-16-8-9-19-10-15-26-22(17-19)23(27(4)5)21(18-28)20-11-13-25-14-12-20/h10-15,17,23H,8-9,16H2,1-7H3. The third-order valence-electron chi connectivity index (χ3n) is 5.90. The molecule has 0 bridgehead atoms. The van der Waals surface area contributed by atoms with E-state index >= 15 is 0 Å². The van der Waals surface area contributed by atoms with Gasteiger partial charge in [-0.2, -0.15) is 0 Å². The van der Waals surface area contributed by atoms with Gasteiger partial charge in [0.2, 0.25) is 0 Å². The lowest BCUT2D eigenvalue weighted by Crippen LogP contribution is -2.41. The molecule has 1 unspecified atom stereocenters. The van der Waals surface area contributed by atoms with Crippen molar-refractivity contribution >= 4 is 19.8 Å². The lowest BCUT2D eigenvalue weighted by Gasteiger charge is -2.36. The molecule has 2 rings (SSSR count). The first-order chi connectivity index (χ1) is 14.1. The van der Waals surface area contributed by atoms with Gasteiger partial charge in [0.15, 0.2) is 8.32 Å². The Morgan fingerprint density at radius 1 is 1.17 bits per heavy atom. The van der Waals surface area contributed by atoms with Gasteiger partial charge in [0.1, 0.15) is 5.94 Å². The fourth-order valence-electron chi connectivity index (χ4n) is 3.09. The first-order valence-electron chi connectivity index (χ1n) is 10.5. The SMILES string of the molecule is CN(C)C(C(=C=O)c1ccncc1)c1cc(CCCO[Si](C)(C)C(C)(C)C)ccn1. The summed E-state index contributed by atoms with van der Waals surface area (Å²) in [6, 6.07) is 7.53. The molecule has 0 saturated heterocycles. The number of likely N-dealkylation sites (N-methyl/N-ethyl adjacent to an activating group) is 1. The fraction of sp³-hybridized carbons (Fsp3) is 0.500. The molecule has 6 heteroatoms. The van der Waals surface area contributed by atoms with Crippen LogP contribution in [-0.2, 0) is 15.6 Å². The van der Waals surface area contributed by atoms with Gasteiger partial charge in [0.25, 0.3) is 0 Å². The summed E-state index contributed by atoms with van der Waals surface area (Å²) < 4.78 is 6.30. The Kier molecular flexibility index (Phi) is 8.27. The largest absolute Gasteiger partial charge is 0.417 e. The second kappa shape index (κ2) is 10.3. The van der Waals surface area contributed by atoms with E-state index in [1.54, 1.807) is 12.4 Å². The Bertz CT molecular complexity index is 870. The number of hydrogen-bond donors (Lipinski definition) is 0. The Morgan fingerprint density at radius 2 is 1.83 bits per heavy atom. The Labute approximate surface area is 182 Å². The van der Waals surface area contributed by atoms with Crippen LogP contribution < -0.4 is 0 Å². The summed E-state index contributed by atoms with van der Waals surface area (Å²) >= 11 is 0. The summed E-state index contributed by atoms with van der Waals surface area (Å²) in [4.78, 5) is 22.5. The topological polar surface area (TPSA) is 55.3 Å². The zero-order chi connectivity index (χ0) is 22.4. The molecule has 30 heavy (non-hydrogen) atoms. The summed E-state index contributed by atoms with van der Waals surface area (Å²) in [7, 11) is 2.18. The maximum absolute atomic E-state index is 11.8. The van der Waals surface area contributed by atoms with E-state index < -0.39 is 8.32 Å². The second-order valence-electron chi connectivity index (χ2n) is 9.42. The van der Waals surface area contributed by atoms with Gasteiger partial charge in [-0.15, -0.1) is 0 Å². The van der Waals surface area contributed by atoms with Crippen LogP contribution >= 0.6 is 0 Å². The van der Waals surface area contributed by atoms with Crippen LogP contribution in [0.1, 0.15) is 50.1 Å². The van der Waals surface area contributed by atoms with Crippen LogP contribution in [0.3, 0.4) is 0 Å². The smallest absolute Gasteiger partial charge is 0.191 e. The minimum Gasteiger partial charge on any atom is -0.417 e. The highest BCUT2D eigenvalue weighted by Gasteiger charge is 2.36. The van der Waals surface area contributed by atoms with Gasteiger partial charge in [-0.05, 0) is 80.5 Å². The van der Waals surface area contributed by atoms with Gasteiger partial charge >= 0.3 is 0 Å². The first-order valence-corrected chi connectivity index (χ1v) is 13.4. The molecule has 0 amide bonds. The summed E-state index contributed by atoms with van der Waals surface area (Å²) in [5.74, 6) is 2.14. The minimum atomic E-state index is -1.71. The molecule has 0 radical (unpaired) electrons. The molecule has 0 aliphatic carbocycles. The van der Waals surface area contributed by atoms with E-state index in [1.807, 2.05) is 43.4 Å². The zero-order valence-electron chi connectivity index (χ0n) is 19.4. The van der Waals surface area contributed by atoms with Gasteiger partial charge in [0.05, 0.1) is 17.3 Å². The van der Waals surface area contributed by atoms with Crippen molar-refractivity contribution in [1.82, 2.24) is 14.9 Å². The van der Waals surface area contributed by atoms with Crippen LogP contribution in [0.15, 0.2) is 42.9 Å². The lowest BCUT2D eigenvalue weighted by atomic mass is 9.96. The van der Waals surface area contributed by atoms with Crippen LogP contribution in [0.4, 0.5) is 0 Å². The molecule has 0 aliphatic heterocycles. The highest BCUT2D eigenvalue weighted by Crippen LogP contribution is 2.36. The van der Waals surface area contributed by atoms with Gasteiger partial charge in [-0.1, -0.05) is 20.8 Å². The fourth-order valence-corrected chi connectivity index (χ4v) is 4.18. The van der Waals surface area contributed by atoms with Gasteiger partial charge in [0, 0.05) is 25.2 Å². The monoisotopic (exact) mass is 425 g/mol. The van der Waals surface area contributed by atoms with Crippen LogP contribution in [0.25, 0.3) is 5.57 Å². The van der Waals surface area contributed by atoms with Crippen LogP contribution in [0, 0.1) is 0 Å². The Hall–Kier alpha value is -2.11. The Balaban J connectivity index is 2.13. The molecule has 0 aromatic carbocycles. The van der Waals surface area contributed by atoms with Crippen molar-refractivity contribution in [3.05, 3.63) is 59.7 Å². The molecule has 2 heterocycles. The summed E-state index contributed by atoms with van der Waals surface area (Å²) in [5.41, 5.74) is 3.42. The number of rotatable bonds is 9. The number of nitrogens with zero attached hydrogens (tertiary/aromatic N) is 3. The molecule has 0 saturated carbocycles. The van der Waals surface area contributed by atoms with Crippen molar-refractivity contribution in [1.29, 1.82) is 0 Å². The Morgan fingerprint density at radius 3 is 2.40 bits per heavy atom. The molecular weight excluding hydrogens is 390 g/mol. The highest BCUT2D eigenvalue weighted by molar-refractivity contribution is 6.74. The van der Waals surface area contributed by atoms with E-state index in [2.05, 4.69) is 55.8 Å². The zero-order valence-corrected chi connectivity index (χ0v) is 20.4. The second-order valence-corrected chi connectivity index (χ2v) is 14.2. The van der Waals surface area contributed by atoms with Crippen molar-refractivity contribution < 1.29 is 9.22 Å². The third-order valence-corrected chi connectivity index (χ3v) is 10.4. The van der Waals surface area contributed by atoms with E-state index in [0.717, 1.165) is 30.7 Å². The normalized spacial score (nSPS) is 13.2. The maximum Gasteiger partial charge on any atom is 0.191 e. The highest BCUT2D eigenvalue weighted by atomic mass is 28.4. The molecule has 2 aromatic heterocycles. The minimum absolute atomic E-state index is 0.223. The van der Waals surface area contributed by atoms with Crippen molar-refractivity contribution in [3.63, 3.8) is 0 Å². The summed E-state index contributed by atoms with van der Waals surface area (Å²) in [5, 5.41) is 0.223. The predicted octanol–water partition coefficient (Wildman–Crippen LogP) is 4.95. The number of aryl methyl sites for hydroxylation is 1. The summed E-state index contributed by atoms with van der Waals surface area (Å²) in [6.07, 6.45) is 7.07. The summed E-state index contributed by atoms with van der Waals surface area (Å²) in [6.45, 7) is 12.1. The van der Waals surface area contributed by atoms with E-state index in [9.17, 15) is 4.79 Å². The maximum atomic E-state index is 11.8. The average molecular weight is 426 g/mol. The number of pyridine rings is 2. The molecule has 0 spiro atoms. The molecule has 5 nitrogen and oxygen atoms in total. The van der Waals surface area contributed by atoms with Crippen LogP contribution in [0.5, 0.6) is 0 Å². The number of hydrogen-bond acceptors (Lipinski definition) is 5. The number of carbonyl (C=O) groups excluding carboxylic acids is 1. The first kappa shape index (κ1) is 24.2. The molecule has 0 fully saturated rings. The lowest BCUT2D eigenvalue weighted by molar-refractivity contribution is 0.282. The van der Waals surface area contributed by atoms with E-state index in [4.69, 9.17) is 4.43 Å². The van der Waals surface area contributed by atoms with Crippen molar-refractivity contribution in [2.75, 3.05) is 20.7 Å². The van der Waals surface area contributed by atoms with Crippen molar-refractivity contribution in [3.8, 4) is 0 Å². The van der Waals surface area contributed by atoms with Gasteiger partial charge < -0.3 is 4.43 Å². The molecule has 2 aromatic rings. The van der Waals surface area contributed by atoms with Crippen molar-refractivity contribution in [2.24, 2.45) is 0 Å². The van der Waals surface area contributed by atoms with Gasteiger partial charge in [-0.3, -0.25) is 14.9 Å². The number of aromatic nitrogens is 2. The molecule has 162 valence electrons. The quantitative estimate of drug-likeness (QED) is 0.323. The van der Waals surface area contributed by atoms with E-state index in [-0.39, 0.29) is 11.1 Å². The van der Waals surface area contributed by atoms with Crippen LogP contribution in [0.2, 0.25) is 18.1 Å². The van der Waals surface area contributed by atoms with E-state index in [0.29, 0.717) is 5.57 Å².